The number of sulfonamides is 1. The van der Waals surface area contributed by atoms with Crippen molar-refractivity contribution in [3.8, 4) is 5.75 Å². The third-order valence-electron chi connectivity index (χ3n) is 3.93. The Hall–Kier alpha value is -2.61. The van der Waals surface area contributed by atoms with Gasteiger partial charge in [-0.25, -0.2) is 12.8 Å². The monoisotopic (exact) mass is 394 g/mol. The molecule has 0 spiro atoms. The molecule has 1 amide bonds. The Balaban J connectivity index is 1.85. The van der Waals surface area contributed by atoms with Gasteiger partial charge in [0, 0.05) is 6.54 Å². The summed E-state index contributed by atoms with van der Waals surface area (Å²) in [5.74, 6) is -0.108. The van der Waals surface area contributed by atoms with Gasteiger partial charge in [-0.15, -0.1) is 0 Å². The number of nitrogens with zero attached hydrogens (tertiary/aromatic N) is 1. The van der Waals surface area contributed by atoms with Gasteiger partial charge in [0.25, 0.3) is 0 Å². The van der Waals surface area contributed by atoms with E-state index in [-0.39, 0.29) is 12.2 Å². The summed E-state index contributed by atoms with van der Waals surface area (Å²) in [7, 11) is -2.06. The fourth-order valence-electron chi connectivity index (χ4n) is 2.51. The minimum absolute atomic E-state index is 0.243. The van der Waals surface area contributed by atoms with Crippen molar-refractivity contribution < 1.29 is 22.3 Å². The van der Waals surface area contributed by atoms with Crippen LogP contribution in [0.3, 0.4) is 0 Å². The van der Waals surface area contributed by atoms with Crippen LogP contribution in [0.5, 0.6) is 5.75 Å². The van der Waals surface area contributed by atoms with E-state index in [4.69, 9.17) is 4.74 Å². The zero-order valence-electron chi connectivity index (χ0n) is 15.3. The second kappa shape index (κ2) is 9.36. The average Bonchev–Trinajstić information content (AvgIpc) is 2.64. The van der Waals surface area contributed by atoms with Crippen LogP contribution in [0.1, 0.15) is 12.0 Å². The predicted molar refractivity (Wildman–Crippen MR) is 103 cm³/mol. The zero-order chi connectivity index (χ0) is 19.9. The van der Waals surface area contributed by atoms with E-state index in [0.717, 1.165) is 40.4 Å². The van der Waals surface area contributed by atoms with Gasteiger partial charge in [-0.2, -0.15) is 0 Å². The first-order valence-corrected chi connectivity index (χ1v) is 10.3. The van der Waals surface area contributed by atoms with Crippen molar-refractivity contribution in [1.29, 1.82) is 0 Å². The number of ether oxygens (including phenoxy) is 1. The van der Waals surface area contributed by atoms with E-state index >= 15 is 0 Å². The normalized spacial score (nSPS) is 11.1. The zero-order valence-corrected chi connectivity index (χ0v) is 16.1. The molecule has 2 aromatic carbocycles. The molecular formula is C19H23FN2O4S. The van der Waals surface area contributed by atoms with E-state index in [2.05, 4.69) is 5.32 Å². The average molecular weight is 394 g/mol. The van der Waals surface area contributed by atoms with Crippen molar-refractivity contribution in [3.63, 3.8) is 0 Å². The van der Waals surface area contributed by atoms with Crippen molar-refractivity contribution in [2.24, 2.45) is 0 Å². The Kier molecular flexibility index (Phi) is 7.18. The summed E-state index contributed by atoms with van der Waals surface area (Å²) in [4.78, 5) is 12.1. The summed E-state index contributed by atoms with van der Waals surface area (Å²) >= 11 is 0. The molecule has 27 heavy (non-hydrogen) atoms. The molecular weight excluding hydrogens is 371 g/mol. The molecule has 2 aromatic rings. The molecule has 0 radical (unpaired) electrons. The predicted octanol–water partition coefficient (Wildman–Crippen LogP) is 2.35. The molecule has 0 saturated carbocycles. The molecule has 0 heterocycles. The maximum Gasteiger partial charge on any atom is 0.240 e. The lowest BCUT2D eigenvalue weighted by Crippen LogP contribution is -2.40. The third kappa shape index (κ3) is 6.56. The topological polar surface area (TPSA) is 75.7 Å². The van der Waals surface area contributed by atoms with Crippen LogP contribution in [0.15, 0.2) is 48.5 Å². The Morgan fingerprint density at radius 3 is 2.30 bits per heavy atom. The summed E-state index contributed by atoms with van der Waals surface area (Å²) in [6, 6.07) is 12.6. The lowest BCUT2D eigenvalue weighted by molar-refractivity contribution is -0.119. The fraction of sp³-hybridized carbons (Fsp3) is 0.316. The Morgan fingerprint density at radius 1 is 1.11 bits per heavy atom. The number of anilines is 1. The van der Waals surface area contributed by atoms with Crippen molar-refractivity contribution in [1.82, 2.24) is 5.32 Å². The van der Waals surface area contributed by atoms with Crippen LogP contribution in [0.25, 0.3) is 0 Å². The van der Waals surface area contributed by atoms with Gasteiger partial charge < -0.3 is 10.1 Å². The molecule has 0 aliphatic rings. The molecule has 0 fully saturated rings. The van der Waals surface area contributed by atoms with Gasteiger partial charge in [0.15, 0.2) is 0 Å². The second-order valence-electron chi connectivity index (χ2n) is 6.05. The van der Waals surface area contributed by atoms with Crippen LogP contribution in [0.2, 0.25) is 0 Å². The standard InChI is InChI=1S/C19H23FN2O4S/c1-26-18-11-5-15(6-12-18)4-3-13-21-19(23)14-22(27(2,24)25)17-9-7-16(20)8-10-17/h5-12H,3-4,13-14H2,1-2H3,(H,21,23). The highest BCUT2D eigenvalue weighted by molar-refractivity contribution is 7.92. The first kappa shape index (κ1) is 20.7. The largest absolute Gasteiger partial charge is 0.497 e. The third-order valence-corrected chi connectivity index (χ3v) is 5.07. The number of nitrogens with one attached hydrogen (secondary N) is 1. The number of aryl methyl sites for hydroxylation is 1. The van der Waals surface area contributed by atoms with Gasteiger partial charge in [-0.05, 0) is 54.8 Å². The van der Waals surface area contributed by atoms with Crippen LogP contribution in [0, 0.1) is 5.82 Å². The van der Waals surface area contributed by atoms with Crippen LogP contribution < -0.4 is 14.4 Å². The van der Waals surface area contributed by atoms with Crippen molar-refractivity contribution in [2.45, 2.75) is 12.8 Å². The molecule has 0 bridgehead atoms. The van der Waals surface area contributed by atoms with E-state index in [0.29, 0.717) is 13.0 Å². The van der Waals surface area contributed by atoms with Crippen molar-refractivity contribution in [2.75, 3.05) is 30.8 Å². The maximum absolute atomic E-state index is 13.0. The second-order valence-corrected chi connectivity index (χ2v) is 7.95. The summed E-state index contributed by atoms with van der Waals surface area (Å²) in [6.45, 7) is 0.0683. The van der Waals surface area contributed by atoms with E-state index in [1.54, 1.807) is 7.11 Å². The molecule has 0 aliphatic heterocycles. The summed E-state index contributed by atoms with van der Waals surface area (Å²) in [6.07, 6.45) is 2.50. The minimum atomic E-state index is -3.67. The van der Waals surface area contributed by atoms with Gasteiger partial charge in [0.1, 0.15) is 18.1 Å². The molecule has 0 saturated heterocycles. The number of amides is 1. The molecule has 2 rings (SSSR count). The number of benzene rings is 2. The number of rotatable bonds is 9. The van der Waals surface area contributed by atoms with Crippen LogP contribution in [-0.4, -0.2) is 40.8 Å². The van der Waals surface area contributed by atoms with Gasteiger partial charge in [0.2, 0.25) is 15.9 Å². The fourth-order valence-corrected chi connectivity index (χ4v) is 3.36. The summed E-state index contributed by atoms with van der Waals surface area (Å²) < 4.78 is 43.0. The molecule has 1 N–H and O–H groups in total. The maximum atomic E-state index is 13.0. The van der Waals surface area contributed by atoms with Gasteiger partial charge >= 0.3 is 0 Å². The number of carbonyl (C=O) groups excluding carboxylic acids is 1. The lowest BCUT2D eigenvalue weighted by Gasteiger charge is -2.21. The first-order valence-electron chi connectivity index (χ1n) is 8.42. The lowest BCUT2D eigenvalue weighted by atomic mass is 10.1. The van der Waals surface area contributed by atoms with Crippen molar-refractivity contribution in [3.05, 3.63) is 59.9 Å². The molecule has 6 nitrogen and oxygen atoms in total. The van der Waals surface area contributed by atoms with Crippen LogP contribution in [-0.2, 0) is 21.2 Å². The molecule has 0 unspecified atom stereocenters. The molecule has 0 aliphatic carbocycles. The van der Waals surface area contributed by atoms with Gasteiger partial charge in [-0.1, -0.05) is 12.1 Å². The van der Waals surface area contributed by atoms with Gasteiger partial charge in [0.05, 0.1) is 19.1 Å². The number of halogens is 1. The smallest absolute Gasteiger partial charge is 0.240 e. The number of hydrogen-bond acceptors (Lipinski definition) is 4. The Bertz CT molecular complexity index is 852. The molecule has 146 valence electrons. The highest BCUT2D eigenvalue weighted by Crippen LogP contribution is 2.17. The number of carbonyl (C=O) groups is 1. The van der Waals surface area contributed by atoms with E-state index in [1.807, 2.05) is 24.3 Å². The first-order chi connectivity index (χ1) is 12.8. The van der Waals surface area contributed by atoms with E-state index in [9.17, 15) is 17.6 Å². The highest BCUT2D eigenvalue weighted by atomic mass is 32.2. The van der Waals surface area contributed by atoms with Crippen molar-refractivity contribution >= 4 is 21.6 Å². The van der Waals surface area contributed by atoms with Crippen LogP contribution >= 0.6 is 0 Å². The summed E-state index contributed by atoms with van der Waals surface area (Å²) in [5.41, 5.74) is 1.36. The number of hydrogen-bond donors (Lipinski definition) is 1. The minimum Gasteiger partial charge on any atom is -0.497 e. The highest BCUT2D eigenvalue weighted by Gasteiger charge is 2.20. The Labute approximate surface area is 159 Å². The SMILES string of the molecule is COc1ccc(CCCNC(=O)CN(c2ccc(F)cc2)S(C)(=O)=O)cc1. The quantitative estimate of drug-likeness (QED) is 0.663. The van der Waals surface area contributed by atoms with E-state index in [1.165, 1.54) is 12.1 Å². The summed E-state index contributed by atoms with van der Waals surface area (Å²) in [5, 5.41) is 2.72. The Morgan fingerprint density at radius 2 is 1.74 bits per heavy atom. The molecule has 8 heteroatoms. The number of methoxy groups -OCH3 is 1. The molecule has 0 atom stereocenters. The van der Waals surface area contributed by atoms with Crippen LogP contribution in [0.4, 0.5) is 10.1 Å². The molecule has 0 aromatic heterocycles. The van der Waals surface area contributed by atoms with Gasteiger partial charge in [-0.3, -0.25) is 9.10 Å². The van der Waals surface area contributed by atoms with E-state index < -0.39 is 21.7 Å².